The first-order chi connectivity index (χ1) is 9.45. The van der Waals surface area contributed by atoms with E-state index in [4.69, 9.17) is 23.2 Å². The molecule has 0 saturated carbocycles. The Balaban J connectivity index is 0.00000220. The molecule has 0 amide bonds. The Hall–Kier alpha value is 0.440. The summed E-state index contributed by atoms with van der Waals surface area (Å²) in [5.74, 6) is 0.593. The van der Waals surface area contributed by atoms with E-state index in [-0.39, 0.29) is 21.6 Å². The van der Waals surface area contributed by atoms with Crippen molar-refractivity contribution in [3.05, 3.63) is 14.7 Å². The molecule has 0 radical (unpaired) electrons. The van der Waals surface area contributed by atoms with Gasteiger partial charge in [-0.1, -0.05) is 23.2 Å². The summed E-state index contributed by atoms with van der Waals surface area (Å²) < 4.78 is 27.2. The van der Waals surface area contributed by atoms with Gasteiger partial charge in [0.1, 0.15) is 9.23 Å². The molecular formula is C12H19Cl3N2O2S2. The fraction of sp³-hybridized carbons (Fsp3) is 0.667. The van der Waals surface area contributed by atoms with Crippen molar-refractivity contribution in [3.63, 3.8) is 0 Å². The van der Waals surface area contributed by atoms with E-state index in [2.05, 4.69) is 5.32 Å². The Morgan fingerprint density at radius 2 is 2.00 bits per heavy atom. The predicted molar refractivity (Wildman–Crippen MR) is 91.6 cm³/mol. The van der Waals surface area contributed by atoms with Gasteiger partial charge < -0.3 is 5.32 Å². The van der Waals surface area contributed by atoms with E-state index >= 15 is 0 Å². The SMILES string of the molecule is CNCCC1CCN(S(=O)(=O)c2cc(Cl)sc2Cl)CC1.Cl. The predicted octanol–water partition coefficient (Wildman–Crippen LogP) is 3.49. The van der Waals surface area contributed by atoms with E-state index in [1.807, 2.05) is 7.05 Å². The maximum Gasteiger partial charge on any atom is 0.245 e. The molecule has 1 aliphatic heterocycles. The first kappa shape index (κ1) is 19.5. The number of nitrogens with zero attached hydrogens (tertiary/aromatic N) is 1. The second kappa shape index (κ2) is 8.34. The summed E-state index contributed by atoms with van der Waals surface area (Å²) >= 11 is 12.9. The van der Waals surface area contributed by atoms with Crippen LogP contribution < -0.4 is 5.32 Å². The first-order valence-corrected chi connectivity index (χ1v) is 9.56. The van der Waals surface area contributed by atoms with Gasteiger partial charge in [-0.25, -0.2) is 8.42 Å². The molecule has 0 unspecified atom stereocenters. The number of piperidine rings is 1. The standard InChI is InChI=1S/C12H18Cl2N2O2S2.ClH/c1-15-5-2-9-3-6-16(7-4-9)20(17,18)10-8-11(13)19-12(10)14;/h8-9,15H,2-7H2,1H3;1H. The van der Waals surface area contributed by atoms with Gasteiger partial charge in [-0.3, -0.25) is 0 Å². The van der Waals surface area contributed by atoms with Crippen LogP contribution in [0.2, 0.25) is 8.67 Å². The highest BCUT2D eigenvalue weighted by molar-refractivity contribution is 7.89. The summed E-state index contributed by atoms with van der Waals surface area (Å²) in [5.41, 5.74) is 0. The van der Waals surface area contributed by atoms with Gasteiger partial charge in [-0.2, -0.15) is 4.31 Å². The highest BCUT2D eigenvalue weighted by Gasteiger charge is 2.31. The van der Waals surface area contributed by atoms with Crippen LogP contribution in [0.25, 0.3) is 0 Å². The molecule has 1 aromatic heterocycles. The number of sulfonamides is 1. The van der Waals surface area contributed by atoms with Gasteiger partial charge in [0.15, 0.2) is 0 Å². The largest absolute Gasteiger partial charge is 0.320 e. The van der Waals surface area contributed by atoms with Crippen LogP contribution in [0.1, 0.15) is 19.3 Å². The third kappa shape index (κ3) is 4.70. The Morgan fingerprint density at radius 1 is 1.38 bits per heavy atom. The van der Waals surface area contributed by atoms with Crippen LogP contribution in [-0.4, -0.2) is 39.4 Å². The van der Waals surface area contributed by atoms with Gasteiger partial charge >= 0.3 is 0 Å². The number of nitrogens with one attached hydrogen (secondary N) is 1. The minimum Gasteiger partial charge on any atom is -0.320 e. The van der Waals surface area contributed by atoms with Gasteiger partial charge in [-0.15, -0.1) is 23.7 Å². The second-order valence-electron chi connectivity index (χ2n) is 4.93. The number of hydrogen-bond acceptors (Lipinski definition) is 4. The molecule has 0 atom stereocenters. The number of thiophene rings is 1. The van der Waals surface area contributed by atoms with Gasteiger partial charge in [-0.05, 0) is 44.8 Å². The summed E-state index contributed by atoms with van der Waals surface area (Å²) in [6.07, 6.45) is 2.89. The highest BCUT2D eigenvalue weighted by Crippen LogP contribution is 2.36. The number of hydrogen-bond donors (Lipinski definition) is 1. The van der Waals surface area contributed by atoms with Crippen LogP contribution in [0.4, 0.5) is 0 Å². The van der Waals surface area contributed by atoms with Crippen LogP contribution in [0.5, 0.6) is 0 Å². The topological polar surface area (TPSA) is 49.4 Å². The average Bonchev–Trinajstić information content (AvgIpc) is 2.76. The van der Waals surface area contributed by atoms with E-state index in [0.717, 1.165) is 37.1 Å². The van der Waals surface area contributed by atoms with Crippen LogP contribution in [0, 0.1) is 5.92 Å². The molecule has 4 nitrogen and oxygen atoms in total. The van der Waals surface area contributed by atoms with Crippen molar-refractivity contribution in [2.24, 2.45) is 5.92 Å². The van der Waals surface area contributed by atoms with Crippen molar-refractivity contribution in [1.82, 2.24) is 9.62 Å². The lowest BCUT2D eigenvalue weighted by molar-refractivity contribution is 0.263. The monoisotopic (exact) mass is 392 g/mol. The quantitative estimate of drug-likeness (QED) is 0.833. The van der Waals surface area contributed by atoms with Gasteiger partial charge in [0.25, 0.3) is 0 Å². The Labute approximate surface area is 146 Å². The smallest absolute Gasteiger partial charge is 0.245 e. The summed E-state index contributed by atoms with van der Waals surface area (Å²) in [4.78, 5) is 0.142. The van der Waals surface area contributed by atoms with Crippen LogP contribution in [-0.2, 0) is 10.0 Å². The number of halogens is 3. The van der Waals surface area contributed by atoms with E-state index in [1.54, 1.807) is 0 Å². The lowest BCUT2D eigenvalue weighted by atomic mass is 9.95. The number of rotatable bonds is 5. The zero-order chi connectivity index (χ0) is 14.8. The molecular weight excluding hydrogens is 375 g/mol. The van der Waals surface area contributed by atoms with Gasteiger partial charge in [0.05, 0.1) is 4.34 Å². The fourth-order valence-corrected chi connectivity index (χ4v) is 6.01. The van der Waals surface area contributed by atoms with E-state index in [9.17, 15) is 8.42 Å². The molecule has 2 rings (SSSR count). The van der Waals surface area contributed by atoms with E-state index < -0.39 is 10.0 Å². The van der Waals surface area contributed by atoms with Crippen molar-refractivity contribution in [2.45, 2.75) is 24.2 Å². The molecule has 1 N–H and O–H groups in total. The van der Waals surface area contributed by atoms with Crippen LogP contribution in [0.3, 0.4) is 0 Å². The normalized spacial score (nSPS) is 17.7. The van der Waals surface area contributed by atoms with Crippen molar-refractivity contribution >= 4 is 57.0 Å². The van der Waals surface area contributed by atoms with Crippen LogP contribution in [0.15, 0.2) is 11.0 Å². The minimum atomic E-state index is -3.50. The maximum atomic E-state index is 12.5. The summed E-state index contributed by atoms with van der Waals surface area (Å²) in [7, 11) is -1.57. The Kier molecular flexibility index (Phi) is 7.74. The fourth-order valence-electron chi connectivity index (χ4n) is 2.43. The van der Waals surface area contributed by atoms with Crippen LogP contribution >= 0.6 is 46.9 Å². The molecule has 21 heavy (non-hydrogen) atoms. The molecule has 9 heteroatoms. The zero-order valence-electron chi connectivity index (χ0n) is 11.6. The van der Waals surface area contributed by atoms with E-state index in [0.29, 0.717) is 23.3 Å². The zero-order valence-corrected chi connectivity index (χ0v) is 15.6. The maximum absolute atomic E-state index is 12.5. The molecule has 1 saturated heterocycles. The van der Waals surface area contributed by atoms with Gasteiger partial charge in [0.2, 0.25) is 10.0 Å². The molecule has 122 valence electrons. The third-order valence-corrected chi connectivity index (χ3v) is 7.27. The van der Waals surface area contributed by atoms with Crippen molar-refractivity contribution in [2.75, 3.05) is 26.7 Å². The highest BCUT2D eigenvalue weighted by atomic mass is 35.5. The van der Waals surface area contributed by atoms with Crippen molar-refractivity contribution in [3.8, 4) is 0 Å². The molecule has 1 aliphatic rings. The molecule has 1 aromatic rings. The third-order valence-electron chi connectivity index (χ3n) is 3.62. The Bertz CT molecular complexity index is 555. The average molecular weight is 394 g/mol. The molecule has 2 heterocycles. The molecule has 0 aromatic carbocycles. The molecule has 0 spiro atoms. The minimum absolute atomic E-state index is 0. The molecule has 0 bridgehead atoms. The van der Waals surface area contributed by atoms with Gasteiger partial charge in [0, 0.05) is 13.1 Å². The van der Waals surface area contributed by atoms with Crippen molar-refractivity contribution < 1.29 is 8.42 Å². The first-order valence-electron chi connectivity index (χ1n) is 6.54. The lowest BCUT2D eigenvalue weighted by Crippen LogP contribution is -2.38. The molecule has 0 aliphatic carbocycles. The summed E-state index contributed by atoms with van der Waals surface area (Å²) in [5, 5.41) is 3.13. The summed E-state index contributed by atoms with van der Waals surface area (Å²) in [6.45, 7) is 2.09. The lowest BCUT2D eigenvalue weighted by Gasteiger charge is -2.31. The second-order valence-corrected chi connectivity index (χ2v) is 9.12. The van der Waals surface area contributed by atoms with Crippen molar-refractivity contribution in [1.29, 1.82) is 0 Å². The molecule has 1 fully saturated rings. The van der Waals surface area contributed by atoms with E-state index in [1.165, 1.54) is 10.4 Å². The summed E-state index contributed by atoms with van der Waals surface area (Å²) in [6, 6.07) is 1.44. The Morgan fingerprint density at radius 3 is 2.48 bits per heavy atom.